The molecule has 2 N–H and O–H groups in total. The third-order valence-electron chi connectivity index (χ3n) is 2.48. The van der Waals surface area contributed by atoms with Crippen LogP contribution in [0.1, 0.15) is 17.2 Å². The summed E-state index contributed by atoms with van der Waals surface area (Å²) >= 11 is 5.70. The van der Waals surface area contributed by atoms with Gasteiger partial charge in [0.05, 0.1) is 5.02 Å². The van der Waals surface area contributed by atoms with Crippen molar-refractivity contribution in [2.45, 2.75) is 12.5 Å². The highest BCUT2D eigenvalue weighted by Crippen LogP contribution is 2.22. The van der Waals surface area contributed by atoms with Crippen LogP contribution in [0, 0.1) is 5.82 Å². The first-order valence-electron chi connectivity index (χ1n) is 5.12. The minimum atomic E-state index is -0.415. The molecule has 2 rings (SSSR count). The summed E-state index contributed by atoms with van der Waals surface area (Å²) in [6.07, 6.45) is 5.04. The summed E-state index contributed by atoms with van der Waals surface area (Å²) in [5, 5.41) is 0.110. The molecule has 1 aromatic carbocycles. The van der Waals surface area contributed by atoms with Gasteiger partial charge in [0.2, 0.25) is 0 Å². The Morgan fingerprint density at radius 2 is 2.00 bits per heavy atom. The molecule has 17 heavy (non-hydrogen) atoms. The number of hydrogen-bond donors (Lipinski definition) is 1. The molecule has 0 saturated heterocycles. The largest absolute Gasteiger partial charge is 0.324 e. The van der Waals surface area contributed by atoms with Gasteiger partial charge in [-0.15, -0.1) is 0 Å². The quantitative estimate of drug-likeness (QED) is 0.912. The summed E-state index contributed by atoms with van der Waals surface area (Å²) in [6.45, 7) is 0. The number of nitrogens with two attached hydrogens (primary N) is 1. The Labute approximate surface area is 103 Å². The highest BCUT2D eigenvalue weighted by atomic mass is 35.5. The van der Waals surface area contributed by atoms with Crippen LogP contribution in [-0.4, -0.2) is 9.97 Å². The molecule has 1 unspecified atom stereocenters. The molecular weight excluding hydrogens is 241 g/mol. The van der Waals surface area contributed by atoms with E-state index in [2.05, 4.69) is 9.97 Å². The van der Waals surface area contributed by atoms with Crippen LogP contribution in [0.2, 0.25) is 5.02 Å². The van der Waals surface area contributed by atoms with Crippen LogP contribution in [0.15, 0.2) is 36.9 Å². The normalized spacial score (nSPS) is 12.4. The summed E-state index contributed by atoms with van der Waals surface area (Å²) in [4.78, 5) is 7.75. The van der Waals surface area contributed by atoms with E-state index in [0.29, 0.717) is 12.0 Å². The molecule has 0 aliphatic heterocycles. The average molecular weight is 252 g/mol. The van der Waals surface area contributed by atoms with Crippen LogP contribution < -0.4 is 5.73 Å². The second-order valence-electron chi connectivity index (χ2n) is 3.70. The van der Waals surface area contributed by atoms with Gasteiger partial charge in [0.15, 0.2) is 0 Å². The van der Waals surface area contributed by atoms with Gasteiger partial charge >= 0.3 is 0 Å². The molecule has 0 radical (unpaired) electrons. The SMILES string of the molecule is NC(Cc1cccc(Cl)c1F)c1cncnc1. The van der Waals surface area contributed by atoms with E-state index in [9.17, 15) is 4.39 Å². The molecule has 0 amide bonds. The number of rotatable bonds is 3. The second kappa shape index (κ2) is 5.21. The van der Waals surface area contributed by atoms with E-state index in [1.165, 1.54) is 12.4 Å². The number of halogens is 2. The van der Waals surface area contributed by atoms with Crippen LogP contribution in [0.25, 0.3) is 0 Å². The lowest BCUT2D eigenvalue weighted by Crippen LogP contribution is -2.14. The van der Waals surface area contributed by atoms with Crippen molar-refractivity contribution in [2.75, 3.05) is 0 Å². The molecule has 0 aliphatic carbocycles. The maximum Gasteiger partial charge on any atom is 0.145 e. The summed E-state index contributed by atoms with van der Waals surface area (Å²) in [7, 11) is 0. The van der Waals surface area contributed by atoms with Crippen LogP contribution in [0.5, 0.6) is 0 Å². The van der Waals surface area contributed by atoms with Crippen molar-refractivity contribution in [1.82, 2.24) is 9.97 Å². The number of hydrogen-bond acceptors (Lipinski definition) is 3. The Kier molecular flexibility index (Phi) is 3.66. The van der Waals surface area contributed by atoms with E-state index >= 15 is 0 Å². The van der Waals surface area contributed by atoms with Crippen LogP contribution in [-0.2, 0) is 6.42 Å². The Morgan fingerprint density at radius 1 is 1.29 bits per heavy atom. The van der Waals surface area contributed by atoms with Gasteiger partial charge in [-0.25, -0.2) is 14.4 Å². The molecular formula is C12H11ClFN3. The third kappa shape index (κ3) is 2.78. The van der Waals surface area contributed by atoms with E-state index in [4.69, 9.17) is 17.3 Å². The highest BCUT2D eigenvalue weighted by molar-refractivity contribution is 6.30. The lowest BCUT2D eigenvalue weighted by Gasteiger charge is -2.12. The van der Waals surface area contributed by atoms with Gasteiger partial charge in [-0.2, -0.15) is 0 Å². The average Bonchev–Trinajstić information content (AvgIpc) is 2.36. The first-order chi connectivity index (χ1) is 8.18. The van der Waals surface area contributed by atoms with Crippen LogP contribution >= 0.6 is 11.6 Å². The van der Waals surface area contributed by atoms with E-state index in [1.807, 2.05) is 0 Å². The van der Waals surface area contributed by atoms with Crippen molar-refractivity contribution in [3.05, 3.63) is 58.9 Å². The molecule has 2 aromatic rings. The minimum Gasteiger partial charge on any atom is -0.324 e. The predicted molar refractivity (Wildman–Crippen MR) is 64.1 cm³/mol. The summed E-state index contributed by atoms with van der Waals surface area (Å²) in [5.74, 6) is -0.415. The molecule has 1 heterocycles. The standard InChI is InChI=1S/C12H11ClFN3/c13-10-3-1-2-8(12(10)14)4-11(15)9-5-16-7-17-6-9/h1-3,5-7,11H,4,15H2. The minimum absolute atomic E-state index is 0.110. The van der Waals surface area contributed by atoms with Gasteiger partial charge in [0, 0.05) is 24.0 Å². The Bertz CT molecular complexity index is 504. The Hall–Kier alpha value is -1.52. The van der Waals surface area contributed by atoms with Gasteiger partial charge in [-0.1, -0.05) is 23.7 Å². The van der Waals surface area contributed by atoms with E-state index in [-0.39, 0.29) is 11.1 Å². The van der Waals surface area contributed by atoms with E-state index in [0.717, 1.165) is 5.56 Å². The predicted octanol–water partition coefficient (Wildman–Crippen LogP) is 2.51. The summed E-state index contributed by atoms with van der Waals surface area (Å²) < 4.78 is 13.7. The first-order valence-corrected chi connectivity index (χ1v) is 5.49. The molecule has 88 valence electrons. The molecule has 0 bridgehead atoms. The zero-order valence-corrected chi connectivity index (χ0v) is 9.73. The molecule has 1 atom stereocenters. The summed E-state index contributed by atoms with van der Waals surface area (Å²) in [6, 6.07) is 4.54. The fourth-order valence-electron chi connectivity index (χ4n) is 1.56. The molecule has 0 saturated carbocycles. The fourth-order valence-corrected chi connectivity index (χ4v) is 1.76. The Morgan fingerprint density at radius 3 is 2.71 bits per heavy atom. The van der Waals surface area contributed by atoms with Gasteiger partial charge < -0.3 is 5.73 Å². The monoisotopic (exact) mass is 251 g/mol. The second-order valence-corrected chi connectivity index (χ2v) is 4.10. The van der Waals surface area contributed by atoms with Gasteiger partial charge in [-0.3, -0.25) is 0 Å². The van der Waals surface area contributed by atoms with E-state index in [1.54, 1.807) is 24.5 Å². The van der Waals surface area contributed by atoms with Crippen molar-refractivity contribution in [3.8, 4) is 0 Å². The van der Waals surface area contributed by atoms with Crippen LogP contribution in [0.4, 0.5) is 4.39 Å². The van der Waals surface area contributed by atoms with Gasteiger partial charge in [0.25, 0.3) is 0 Å². The van der Waals surface area contributed by atoms with Crippen molar-refractivity contribution >= 4 is 11.6 Å². The molecule has 0 aliphatic rings. The van der Waals surface area contributed by atoms with E-state index < -0.39 is 5.82 Å². The summed E-state index contributed by atoms with van der Waals surface area (Å²) in [5.41, 5.74) is 7.22. The third-order valence-corrected chi connectivity index (χ3v) is 2.77. The number of aromatic nitrogens is 2. The fraction of sp³-hybridized carbons (Fsp3) is 0.167. The van der Waals surface area contributed by atoms with Crippen molar-refractivity contribution in [3.63, 3.8) is 0 Å². The number of benzene rings is 1. The van der Waals surface area contributed by atoms with Gasteiger partial charge in [-0.05, 0) is 18.1 Å². The zero-order chi connectivity index (χ0) is 12.3. The lowest BCUT2D eigenvalue weighted by atomic mass is 10.0. The molecule has 0 fully saturated rings. The molecule has 0 spiro atoms. The van der Waals surface area contributed by atoms with Crippen molar-refractivity contribution in [2.24, 2.45) is 5.73 Å². The maximum atomic E-state index is 13.7. The Balaban J connectivity index is 2.19. The van der Waals surface area contributed by atoms with Crippen molar-refractivity contribution < 1.29 is 4.39 Å². The highest BCUT2D eigenvalue weighted by Gasteiger charge is 2.12. The first kappa shape index (κ1) is 12.0. The molecule has 1 aromatic heterocycles. The zero-order valence-electron chi connectivity index (χ0n) is 8.98. The smallest absolute Gasteiger partial charge is 0.145 e. The lowest BCUT2D eigenvalue weighted by molar-refractivity contribution is 0.593. The van der Waals surface area contributed by atoms with Crippen molar-refractivity contribution in [1.29, 1.82) is 0 Å². The van der Waals surface area contributed by atoms with Gasteiger partial charge in [0.1, 0.15) is 12.1 Å². The maximum absolute atomic E-state index is 13.7. The topological polar surface area (TPSA) is 51.8 Å². The van der Waals surface area contributed by atoms with Crippen LogP contribution in [0.3, 0.4) is 0 Å². The molecule has 3 nitrogen and oxygen atoms in total. The number of nitrogens with zero attached hydrogens (tertiary/aromatic N) is 2. The molecule has 5 heteroatoms.